The second kappa shape index (κ2) is 9.01. The molecule has 6 nitrogen and oxygen atoms in total. The van der Waals surface area contributed by atoms with E-state index in [0.29, 0.717) is 11.4 Å². The maximum atomic E-state index is 12.6. The van der Waals surface area contributed by atoms with E-state index in [1.807, 2.05) is 50.2 Å². The molecule has 0 bridgehead atoms. The molecular weight excluding hydrogens is 378 g/mol. The molecule has 6 heteroatoms. The highest BCUT2D eigenvalue weighted by molar-refractivity contribution is 6.09. The minimum Gasteiger partial charge on any atom is -0.497 e. The molecule has 0 spiro atoms. The Kier molecular flexibility index (Phi) is 6.23. The number of benzene rings is 2. The van der Waals surface area contributed by atoms with E-state index < -0.39 is 5.91 Å². The van der Waals surface area contributed by atoms with Crippen LogP contribution in [0, 0.1) is 25.2 Å². The van der Waals surface area contributed by atoms with Crippen molar-refractivity contribution in [3.8, 4) is 23.3 Å². The van der Waals surface area contributed by atoms with E-state index in [4.69, 9.17) is 9.47 Å². The summed E-state index contributed by atoms with van der Waals surface area (Å²) in [5.41, 5.74) is 4.34. The van der Waals surface area contributed by atoms with E-state index in [0.717, 1.165) is 28.4 Å². The number of aromatic nitrogens is 1. The quantitative estimate of drug-likeness (QED) is 0.482. The van der Waals surface area contributed by atoms with Gasteiger partial charge in [0.1, 0.15) is 23.1 Å². The zero-order valence-corrected chi connectivity index (χ0v) is 17.4. The largest absolute Gasteiger partial charge is 0.497 e. The van der Waals surface area contributed by atoms with Crippen LogP contribution in [-0.2, 0) is 4.79 Å². The van der Waals surface area contributed by atoms with Crippen LogP contribution >= 0.6 is 0 Å². The summed E-state index contributed by atoms with van der Waals surface area (Å²) >= 11 is 0. The molecule has 152 valence electrons. The number of hydrogen-bond donors (Lipinski definition) is 1. The van der Waals surface area contributed by atoms with Gasteiger partial charge in [-0.15, -0.1) is 0 Å². The van der Waals surface area contributed by atoms with Crippen molar-refractivity contribution in [2.45, 2.75) is 13.8 Å². The summed E-state index contributed by atoms with van der Waals surface area (Å²) in [7, 11) is 3.21. The van der Waals surface area contributed by atoms with E-state index in [9.17, 15) is 10.1 Å². The van der Waals surface area contributed by atoms with Gasteiger partial charge in [0.15, 0.2) is 0 Å². The SMILES string of the molecule is COc1ccc(NC(=O)/C(C#N)=C\c2cc(C)n(-c3ccc(OC)cc3)c2C)cc1. The Labute approximate surface area is 176 Å². The average Bonchev–Trinajstić information content (AvgIpc) is 3.05. The highest BCUT2D eigenvalue weighted by Gasteiger charge is 2.14. The van der Waals surface area contributed by atoms with Gasteiger partial charge >= 0.3 is 0 Å². The first kappa shape index (κ1) is 20.7. The number of aryl methyl sites for hydroxylation is 1. The Balaban J connectivity index is 1.88. The van der Waals surface area contributed by atoms with Crippen molar-refractivity contribution in [3.63, 3.8) is 0 Å². The molecule has 0 aliphatic carbocycles. The van der Waals surface area contributed by atoms with Crippen LogP contribution in [0.1, 0.15) is 17.0 Å². The van der Waals surface area contributed by atoms with Gasteiger partial charge < -0.3 is 19.4 Å². The molecule has 0 fully saturated rings. The third-order valence-electron chi connectivity index (χ3n) is 4.81. The molecule has 3 aromatic rings. The zero-order valence-electron chi connectivity index (χ0n) is 17.4. The number of rotatable bonds is 6. The minimum absolute atomic E-state index is 0.0285. The Hall–Kier alpha value is -3.98. The number of nitriles is 1. The predicted molar refractivity (Wildman–Crippen MR) is 117 cm³/mol. The number of nitrogens with one attached hydrogen (secondary N) is 1. The fourth-order valence-corrected chi connectivity index (χ4v) is 3.24. The lowest BCUT2D eigenvalue weighted by molar-refractivity contribution is -0.112. The molecule has 0 atom stereocenters. The Bertz CT molecular complexity index is 1120. The lowest BCUT2D eigenvalue weighted by atomic mass is 10.1. The second-order valence-corrected chi connectivity index (χ2v) is 6.71. The number of anilines is 1. The lowest BCUT2D eigenvalue weighted by Crippen LogP contribution is -2.13. The summed E-state index contributed by atoms with van der Waals surface area (Å²) in [6, 6.07) is 18.6. The third kappa shape index (κ3) is 4.36. The van der Waals surface area contributed by atoms with E-state index in [2.05, 4.69) is 9.88 Å². The average molecular weight is 401 g/mol. The number of ether oxygens (including phenoxy) is 2. The summed E-state index contributed by atoms with van der Waals surface area (Å²) in [5, 5.41) is 12.3. The molecule has 0 aliphatic rings. The van der Waals surface area contributed by atoms with E-state index in [-0.39, 0.29) is 5.57 Å². The van der Waals surface area contributed by atoms with Crippen LogP contribution in [0.3, 0.4) is 0 Å². The first-order valence-electron chi connectivity index (χ1n) is 9.37. The van der Waals surface area contributed by atoms with Crippen molar-refractivity contribution in [2.75, 3.05) is 19.5 Å². The number of nitrogens with zero attached hydrogens (tertiary/aromatic N) is 2. The highest BCUT2D eigenvalue weighted by atomic mass is 16.5. The van der Waals surface area contributed by atoms with Gasteiger partial charge in [0, 0.05) is 22.8 Å². The smallest absolute Gasteiger partial charge is 0.266 e. The van der Waals surface area contributed by atoms with Crippen LogP contribution in [0.2, 0.25) is 0 Å². The molecular formula is C24H23N3O3. The number of methoxy groups -OCH3 is 2. The van der Waals surface area contributed by atoms with Crippen LogP contribution in [-0.4, -0.2) is 24.7 Å². The molecule has 0 saturated carbocycles. The standard InChI is InChI=1S/C24H23N3O3/c1-16-13-18(17(2)27(16)21-7-11-23(30-4)12-8-21)14-19(15-25)24(28)26-20-5-9-22(29-3)10-6-20/h5-14H,1-4H3,(H,26,28)/b19-14-. The first-order chi connectivity index (χ1) is 14.5. The molecule has 1 amide bonds. The summed E-state index contributed by atoms with van der Waals surface area (Å²) < 4.78 is 12.4. The zero-order chi connectivity index (χ0) is 21.7. The number of carbonyl (C=O) groups is 1. The maximum absolute atomic E-state index is 12.6. The third-order valence-corrected chi connectivity index (χ3v) is 4.81. The van der Waals surface area contributed by atoms with Crippen molar-refractivity contribution >= 4 is 17.7 Å². The van der Waals surface area contributed by atoms with E-state index >= 15 is 0 Å². The molecule has 0 radical (unpaired) electrons. The Morgan fingerprint density at radius 1 is 1.00 bits per heavy atom. The fraction of sp³-hybridized carbons (Fsp3) is 0.167. The van der Waals surface area contributed by atoms with Gasteiger partial charge in [0.05, 0.1) is 14.2 Å². The van der Waals surface area contributed by atoms with Crippen LogP contribution in [0.15, 0.2) is 60.2 Å². The molecule has 0 aliphatic heterocycles. The van der Waals surface area contributed by atoms with E-state index in [1.54, 1.807) is 44.6 Å². The van der Waals surface area contributed by atoms with E-state index in [1.165, 1.54) is 0 Å². The van der Waals surface area contributed by atoms with Crippen molar-refractivity contribution < 1.29 is 14.3 Å². The topological polar surface area (TPSA) is 76.3 Å². The van der Waals surface area contributed by atoms with Crippen molar-refractivity contribution in [1.82, 2.24) is 4.57 Å². The first-order valence-corrected chi connectivity index (χ1v) is 9.37. The minimum atomic E-state index is -0.461. The van der Waals surface area contributed by atoms with Gasteiger partial charge in [0.25, 0.3) is 5.91 Å². The summed E-state index contributed by atoms with van der Waals surface area (Å²) in [6.07, 6.45) is 1.61. The maximum Gasteiger partial charge on any atom is 0.266 e. The predicted octanol–water partition coefficient (Wildman–Crippen LogP) is 4.66. The molecule has 1 aromatic heterocycles. The molecule has 2 aromatic carbocycles. The van der Waals surface area contributed by atoms with Crippen molar-refractivity contribution in [3.05, 3.63) is 77.1 Å². The second-order valence-electron chi connectivity index (χ2n) is 6.71. The molecule has 30 heavy (non-hydrogen) atoms. The monoisotopic (exact) mass is 401 g/mol. The van der Waals surface area contributed by atoms with Gasteiger partial charge in [-0.25, -0.2) is 0 Å². The van der Waals surface area contributed by atoms with Crippen LogP contribution < -0.4 is 14.8 Å². The number of amides is 1. The van der Waals surface area contributed by atoms with Gasteiger partial charge in [-0.2, -0.15) is 5.26 Å². The van der Waals surface area contributed by atoms with Gasteiger partial charge in [-0.3, -0.25) is 4.79 Å². The number of carbonyl (C=O) groups excluding carboxylic acids is 1. The summed E-state index contributed by atoms with van der Waals surface area (Å²) in [4.78, 5) is 12.6. The lowest BCUT2D eigenvalue weighted by Gasteiger charge is -2.10. The Morgan fingerprint density at radius 3 is 2.10 bits per heavy atom. The fourth-order valence-electron chi connectivity index (χ4n) is 3.24. The molecule has 1 N–H and O–H groups in total. The Morgan fingerprint density at radius 2 is 1.57 bits per heavy atom. The summed E-state index contributed by atoms with van der Waals surface area (Å²) in [6.45, 7) is 3.94. The normalized spacial score (nSPS) is 11.0. The summed E-state index contributed by atoms with van der Waals surface area (Å²) in [5.74, 6) is 1.01. The van der Waals surface area contributed by atoms with Gasteiger partial charge in [-0.05, 0) is 80.1 Å². The molecule has 3 rings (SSSR count). The highest BCUT2D eigenvalue weighted by Crippen LogP contribution is 2.24. The molecule has 1 heterocycles. The van der Waals surface area contributed by atoms with Gasteiger partial charge in [0.2, 0.25) is 0 Å². The van der Waals surface area contributed by atoms with Crippen LogP contribution in [0.5, 0.6) is 11.5 Å². The van der Waals surface area contributed by atoms with Crippen molar-refractivity contribution in [1.29, 1.82) is 5.26 Å². The number of hydrogen-bond acceptors (Lipinski definition) is 4. The molecule has 0 unspecified atom stereocenters. The molecule has 0 saturated heterocycles. The van der Waals surface area contributed by atoms with Crippen LogP contribution in [0.4, 0.5) is 5.69 Å². The van der Waals surface area contributed by atoms with Crippen molar-refractivity contribution in [2.24, 2.45) is 0 Å². The van der Waals surface area contributed by atoms with Crippen LogP contribution in [0.25, 0.3) is 11.8 Å². The van der Waals surface area contributed by atoms with Gasteiger partial charge in [-0.1, -0.05) is 0 Å².